The summed E-state index contributed by atoms with van der Waals surface area (Å²) >= 11 is 0. The fourth-order valence-corrected chi connectivity index (χ4v) is 1.76. The maximum Gasteiger partial charge on any atom is 0.230 e. The van der Waals surface area contributed by atoms with Gasteiger partial charge < -0.3 is 9.72 Å². The molecule has 6 heteroatoms. The van der Waals surface area contributed by atoms with Gasteiger partial charge in [-0.25, -0.2) is 4.98 Å². The molecule has 0 aliphatic rings. The molecule has 0 spiro atoms. The topological polar surface area (TPSA) is 75.1 Å². The van der Waals surface area contributed by atoms with Crippen LogP contribution in [0.1, 0.15) is 5.69 Å². The summed E-state index contributed by atoms with van der Waals surface area (Å²) in [6.45, 7) is 0. The van der Waals surface area contributed by atoms with Gasteiger partial charge in [-0.15, -0.1) is 0 Å². The van der Waals surface area contributed by atoms with Crippen molar-refractivity contribution in [3.8, 4) is 0 Å². The summed E-state index contributed by atoms with van der Waals surface area (Å²) in [5.74, 6) is -0.111. The lowest BCUT2D eigenvalue weighted by Gasteiger charge is -1.98. The number of nitrogens with one attached hydrogen (secondary N) is 2. The molecule has 18 heavy (non-hydrogen) atoms. The number of amides is 1. The lowest BCUT2D eigenvalue weighted by Crippen LogP contribution is -2.14. The number of H-pyrrole nitrogens is 1. The highest BCUT2D eigenvalue weighted by molar-refractivity contribution is 5.91. The number of carbonyl (C=O) groups excluding carboxylic acids is 1. The summed E-state index contributed by atoms with van der Waals surface area (Å²) in [5, 5.41) is 9.13. The van der Waals surface area contributed by atoms with Gasteiger partial charge in [0.15, 0.2) is 0 Å². The van der Waals surface area contributed by atoms with Gasteiger partial charge in [-0.3, -0.25) is 9.89 Å². The second kappa shape index (κ2) is 4.33. The second-order valence-corrected chi connectivity index (χ2v) is 3.91. The second-order valence-electron chi connectivity index (χ2n) is 3.91. The summed E-state index contributed by atoms with van der Waals surface area (Å²) in [6, 6.07) is 5.74. The van der Waals surface area contributed by atoms with Crippen molar-refractivity contribution in [3.63, 3.8) is 0 Å². The number of hydrogen-bond acceptors (Lipinski definition) is 3. The number of rotatable bonds is 3. The van der Waals surface area contributed by atoms with Gasteiger partial charge in [0.05, 0.1) is 24.0 Å². The van der Waals surface area contributed by atoms with Crippen molar-refractivity contribution in [3.05, 3.63) is 48.7 Å². The van der Waals surface area contributed by atoms with Gasteiger partial charge >= 0.3 is 0 Å². The molecule has 0 aliphatic carbocycles. The van der Waals surface area contributed by atoms with Gasteiger partial charge in [0, 0.05) is 18.6 Å². The SMILES string of the molecule is O=C(Cc1cn2ccccc2n1)Nc1cn[nH]c1. The zero-order valence-corrected chi connectivity index (χ0v) is 9.50. The standard InChI is InChI=1S/C12H11N5O/c18-12(16-10-6-13-14-7-10)5-9-8-17-4-2-1-3-11(17)15-9/h1-4,6-8H,5H2,(H,13,14)(H,16,18). The van der Waals surface area contributed by atoms with Crippen LogP contribution in [0.4, 0.5) is 5.69 Å². The Kier molecular flexibility index (Phi) is 2.53. The van der Waals surface area contributed by atoms with Crippen molar-refractivity contribution in [2.24, 2.45) is 0 Å². The van der Waals surface area contributed by atoms with E-state index in [1.807, 2.05) is 35.0 Å². The molecular formula is C12H11N5O. The highest BCUT2D eigenvalue weighted by Crippen LogP contribution is 2.07. The van der Waals surface area contributed by atoms with E-state index in [0.717, 1.165) is 11.3 Å². The Bertz CT molecular complexity index is 638. The van der Waals surface area contributed by atoms with Crippen LogP contribution in [0.15, 0.2) is 43.0 Å². The van der Waals surface area contributed by atoms with Crippen LogP contribution < -0.4 is 5.32 Å². The predicted molar refractivity (Wildman–Crippen MR) is 66.1 cm³/mol. The first-order valence-electron chi connectivity index (χ1n) is 5.52. The van der Waals surface area contributed by atoms with Crippen LogP contribution in [0, 0.1) is 0 Å². The van der Waals surface area contributed by atoms with Crippen LogP contribution >= 0.6 is 0 Å². The van der Waals surface area contributed by atoms with E-state index in [1.165, 1.54) is 0 Å². The van der Waals surface area contributed by atoms with Crippen LogP contribution in [0.2, 0.25) is 0 Å². The van der Waals surface area contributed by atoms with E-state index >= 15 is 0 Å². The van der Waals surface area contributed by atoms with Gasteiger partial charge in [0.2, 0.25) is 5.91 Å². The first-order valence-corrected chi connectivity index (χ1v) is 5.52. The van der Waals surface area contributed by atoms with E-state index in [9.17, 15) is 4.79 Å². The summed E-state index contributed by atoms with van der Waals surface area (Å²) in [5.41, 5.74) is 2.23. The maximum atomic E-state index is 11.8. The minimum Gasteiger partial charge on any atom is -0.323 e. The molecule has 3 aromatic rings. The highest BCUT2D eigenvalue weighted by atomic mass is 16.1. The minimum absolute atomic E-state index is 0.111. The van der Waals surface area contributed by atoms with Gasteiger partial charge in [-0.1, -0.05) is 6.07 Å². The molecule has 90 valence electrons. The average Bonchev–Trinajstić information content (AvgIpc) is 2.96. The van der Waals surface area contributed by atoms with Gasteiger partial charge in [0.25, 0.3) is 0 Å². The van der Waals surface area contributed by atoms with Crippen LogP contribution in [0.3, 0.4) is 0 Å². The summed E-state index contributed by atoms with van der Waals surface area (Å²) in [6.07, 6.45) is 7.18. The number of imidazole rings is 1. The normalized spacial score (nSPS) is 10.7. The van der Waals surface area contributed by atoms with Crippen molar-refractivity contribution in [2.45, 2.75) is 6.42 Å². The van der Waals surface area contributed by atoms with Crippen LogP contribution in [0.25, 0.3) is 5.65 Å². The van der Waals surface area contributed by atoms with Crippen molar-refractivity contribution >= 4 is 17.2 Å². The van der Waals surface area contributed by atoms with Crippen molar-refractivity contribution < 1.29 is 4.79 Å². The lowest BCUT2D eigenvalue weighted by atomic mass is 10.3. The average molecular weight is 241 g/mol. The lowest BCUT2D eigenvalue weighted by molar-refractivity contribution is -0.115. The molecule has 0 bridgehead atoms. The molecule has 0 aromatic carbocycles. The molecule has 3 rings (SSSR count). The number of aromatic nitrogens is 4. The Balaban J connectivity index is 1.74. The molecule has 0 atom stereocenters. The maximum absolute atomic E-state index is 11.8. The first-order chi connectivity index (χ1) is 8.81. The van der Waals surface area contributed by atoms with Crippen molar-refractivity contribution in [2.75, 3.05) is 5.32 Å². The number of hydrogen-bond donors (Lipinski definition) is 2. The highest BCUT2D eigenvalue weighted by Gasteiger charge is 2.08. The van der Waals surface area contributed by atoms with E-state index < -0.39 is 0 Å². The molecule has 0 saturated heterocycles. The van der Waals surface area contributed by atoms with E-state index in [4.69, 9.17) is 0 Å². The van der Waals surface area contributed by atoms with Gasteiger partial charge in [-0.2, -0.15) is 5.10 Å². The number of carbonyl (C=O) groups is 1. The number of aromatic amines is 1. The number of anilines is 1. The molecule has 6 nitrogen and oxygen atoms in total. The molecule has 0 unspecified atom stereocenters. The fraction of sp³-hybridized carbons (Fsp3) is 0.0833. The molecule has 3 aromatic heterocycles. The first kappa shape index (κ1) is 10.5. The monoisotopic (exact) mass is 241 g/mol. The zero-order chi connectivity index (χ0) is 12.4. The third-order valence-corrected chi connectivity index (χ3v) is 2.54. The third kappa shape index (κ3) is 2.08. The fourth-order valence-electron chi connectivity index (χ4n) is 1.76. The largest absolute Gasteiger partial charge is 0.323 e. The Morgan fingerprint density at radius 3 is 3.17 bits per heavy atom. The Morgan fingerprint density at radius 1 is 1.44 bits per heavy atom. The predicted octanol–water partition coefficient (Wildman–Crippen LogP) is 1.24. The molecule has 0 radical (unpaired) electrons. The number of fused-ring (bicyclic) bond motifs is 1. The van der Waals surface area contributed by atoms with Crippen molar-refractivity contribution in [1.29, 1.82) is 0 Å². The smallest absolute Gasteiger partial charge is 0.230 e. The zero-order valence-electron chi connectivity index (χ0n) is 9.50. The Morgan fingerprint density at radius 2 is 2.39 bits per heavy atom. The third-order valence-electron chi connectivity index (χ3n) is 2.54. The van der Waals surface area contributed by atoms with Crippen molar-refractivity contribution in [1.82, 2.24) is 19.6 Å². The number of nitrogens with zero attached hydrogens (tertiary/aromatic N) is 3. The van der Waals surface area contributed by atoms with Crippen LogP contribution in [0.5, 0.6) is 0 Å². The number of pyridine rings is 1. The van der Waals surface area contributed by atoms with E-state index in [2.05, 4.69) is 20.5 Å². The quantitative estimate of drug-likeness (QED) is 0.724. The summed E-state index contributed by atoms with van der Waals surface area (Å²) in [7, 11) is 0. The van der Waals surface area contributed by atoms with E-state index in [0.29, 0.717) is 5.69 Å². The molecule has 3 heterocycles. The molecule has 0 fully saturated rings. The molecule has 0 aliphatic heterocycles. The van der Waals surface area contributed by atoms with E-state index in [-0.39, 0.29) is 12.3 Å². The molecule has 0 saturated carbocycles. The minimum atomic E-state index is -0.111. The van der Waals surface area contributed by atoms with Crippen LogP contribution in [-0.2, 0) is 11.2 Å². The molecule has 1 amide bonds. The Hall–Kier alpha value is -2.63. The summed E-state index contributed by atoms with van der Waals surface area (Å²) in [4.78, 5) is 16.1. The summed E-state index contributed by atoms with van der Waals surface area (Å²) < 4.78 is 1.89. The van der Waals surface area contributed by atoms with E-state index in [1.54, 1.807) is 12.4 Å². The molecule has 2 N–H and O–H groups in total. The Labute approximate surface area is 103 Å². The van der Waals surface area contributed by atoms with Gasteiger partial charge in [-0.05, 0) is 12.1 Å². The van der Waals surface area contributed by atoms with Gasteiger partial charge in [0.1, 0.15) is 5.65 Å². The van der Waals surface area contributed by atoms with Crippen LogP contribution in [-0.4, -0.2) is 25.5 Å². The molecular weight excluding hydrogens is 230 g/mol.